The van der Waals surface area contributed by atoms with Gasteiger partial charge in [-0.1, -0.05) is 58.9 Å². The second-order valence-corrected chi connectivity index (χ2v) is 12.2. The summed E-state index contributed by atoms with van der Waals surface area (Å²) in [5, 5.41) is 0. The Morgan fingerprint density at radius 1 is 0.964 bits per heavy atom. The molecule has 0 bridgehead atoms. The van der Waals surface area contributed by atoms with Crippen molar-refractivity contribution in [1.82, 2.24) is 14.0 Å². The Morgan fingerprint density at radius 3 is 1.89 bits per heavy atom. The van der Waals surface area contributed by atoms with Gasteiger partial charge in [-0.15, -0.1) is 0 Å². The quantitative estimate of drug-likeness (QED) is 0.659. The van der Waals surface area contributed by atoms with Crippen molar-refractivity contribution >= 4 is 8.37 Å². The maximum absolute atomic E-state index is 5.35. The van der Waals surface area contributed by atoms with E-state index < -0.39 is 0 Å². The van der Waals surface area contributed by atoms with Gasteiger partial charge in [-0.3, -0.25) is 14.0 Å². The number of rotatable bonds is 5. The van der Waals surface area contributed by atoms with Crippen LogP contribution in [0.25, 0.3) is 0 Å². The Kier molecular flexibility index (Phi) is 10.1. The van der Waals surface area contributed by atoms with Crippen molar-refractivity contribution in [1.29, 1.82) is 0 Å². The topological polar surface area (TPSA) is 35.7 Å². The smallest absolute Gasteiger partial charge is 0.120 e. The summed E-state index contributed by atoms with van der Waals surface area (Å²) >= 11 is 0. The van der Waals surface area contributed by atoms with Gasteiger partial charge in [-0.05, 0) is 50.8 Å². The molecule has 1 aromatic rings. The molecule has 1 unspecified atom stereocenters. The fourth-order valence-corrected chi connectivity index (χ4v) is 5.87. The Balaban J connectivity index is 0.000000696. The van der Waals surface area contributed by atoms with Gasteiger partial charge < -0.3 is 5.73 Å². The third-order valence-electron chi connectivity index (χ3n) is 4.62. The molecule has 0 radical (unpaired) electrons. The van der Waals surface area contributed by atoms with Crippen LogP contribution in [0.15, 0.2) is 24.3 Å². The molecule has 0 aliphatic carbocycles. The Labute approximate surface area is 176 Å². The molecule has 5 heteroatoms. The minimum atomic E-state index is -0.314. The maximum atomic E-state index is 5.35. The molecule has 162 valence electrons. The highest BCUT2D eigenvalue weighted by atomic mass is 31.2. The van der Waals surface area contributed by atoms with Crippen LogP contribution in [0.5, 0.6) is 0 Å². The predicted octanol–water partition coefficient (Wildman–Crippen LogP) is 5.43. The minimum Gasteiger partial charge on any atom is -0.326 e. The standard InChI is InChI=1S/C19H34N3P.C4H11N/c1-7-21(8-2)23-20(6)14-9-15-22(23)16-17-10-12-18(13-11-17)19(3,4)5;1-4(2,3)5/h10-13H,7-9,14-16H2,1-6H3;5H2,1-3H3. The zero-order valence-electron chi connectivity index (χ0n) is 19.9. The van der Waals surface area contributed by atoms with Crippen LogP contribution in [0.3, 0.4) is 0 Å². The first kappa shape index (κ1) is 25.5. The normalized spacial score (nSPS) is 19.5. The van der Waals surface area contributed by atoms with Gasteiger partial charge in [0.05, 0.1) is 0 Å². The van der Waals surface area contributed by atoms with E-state index in [0.717, 1.165) is 19.6 Å². The van der Waals surface area contributed by atoms with E-state index in [-0.39, 0.29) is 19.3 Å². The lowest BCUT2D eigenvalue weighted by atomic mass is 9.87. The van der Waals surface area contributed by atoms with E-state index in [4.69, 9.17) is 5.73 Å². The average molecular weight is 409 g/mol. The summed E-state index contributed by atoms with van der Waals surface area (Å²) in [6, 6.07) is 9.27. The SMILES string of the molecule is CC(C)(C)N.CCN(CC)P1N(C)CCCN1Cc1ccc(C(C)(C)C)cc1. The van der Waals surface area contributed by atoms with E-state index in [1.54, 1.807) is 0 Å². The molecule has 28 heavy (non-hydrogen) atoms. The van der Waals surface area contributed by atoms with Crippen molar-refractivity contribution in [2.75, 3.05) is 33.2 Å². The highest BCUT2D eigenvalue weighted by Gasteiger charge is 2.31. The van der Waals surface area contributed by atoms with Gasteiger partial charge in [0, 0.05) is 38.3 Å². The lowest BCUT2D eigenvalue weighted by molar-refractivity contribution is 0.295. The van der Waals surface area contributed by atoms with Crippen molar-refractivity contribution in [3.63, 3.8) is 0 Å². The van der Waals surface area contributed by atoms with E-state index in [2.05, 4.69) is 79.9 Å². The first-order chi connectivity index (χ1) is 12.9. The first-order valence-electron chi connectivity index (χ1n) is 10.8. The summed E-state index contributed by atoms with van der Waals surface area (Å²) in [5.74, 6) is 0. The van der Waals surface area contributed by atoms with Crippen LogP contribution in [0.1, 0.15) is 72.9 Å². The van der Waals surface area contributed by atoms with Crippen LogP contribution in [0.4, 0.5) is 0 Å². The van der Waals surface area contributed by atoms with Gasteiger partial charge >= 0.3 is 0 Å². The zero-order valence-corrected chi connectivity index (χ0v) is 20.8. The molecule has 2 rings (SSSR count). The van der Waals surface area contributed by atoms with Crippen LogP contribution in [0.2, 0.25) is 0 Å². The van der Waals surface area contributed by atoms with Crippen molar-refractivity contribution < 1.29 is 0 Å². The highest BCUT2D eigenvalue weighted by Crippen LogP contribution is 2.49. The van der Waals surface area contributed by atoms with Gasteiger partial charge in [0.1, 0.15) is 8.37 Å². The van der Waals surface area contributed by atoms with Crippen LogP contribution in [0, 0.1) is 0 Å². The van der Waals surface area contributed by atoms with E-state index in [0.29, 0.717) is 0 Å². The lowest BCUT2D eigenvalue weighted by Gasteiger charge is -2.46. The number of hydrogen-bond acceptors (Lipinski definition) is 4. The summed E-state index contributed by atoms with van der Waals surface area (Å²) in [6.45, 7) is 23.1. The van der Waals surface area contributed by atoms with Gasteiger partial charge in [0.15, 0.2) is 0 Å². The Morgan fingerprint density at radius 2 is 1.46 bits per heavy atom. The summed E-state index contributed by atoms with van der Waals surface area (Å²) < 4.78 is 7.88. The first-order valence-corrected chi connectivity index (χ1v) is 12.0. The minimum absolute atomic E-state index is 0. The molecule has 0 saturated carbocycles. The fraction of sp³-hybridized carbons (Fsp3) is 0.739. The van der Waals surface area contributed by atoms with E-state index in [9.17, 15) is 0 Å². The summed E-state index contributed by atoms with van der Waals surface area (Å²) in [4.78, 5) is 0. The average Bonchev–Trinajstić information content (AvgIpc) is 2.56. The molecular formula is C23H45N4P. The summed E-state index contributed by atoms with van der Waals surface area (Å²) in [5.41, 5.74) is 8.45. The molecule has 0 spiro atoms. The molecule has 1 atom stereocenters. The maximum Gasteiger partial charge on any atom is 0.120 e. The number of benzene rings is 1. The second kappa shape index (κ2) is 11.0. The molecule has 4 nitrogen and oxygen atoms in total. The zero-order chi connectivity index (χ0) is 21.5. The van der Waals surface area contributed by atoms with Gasteiger partial charge in [0.2, 0.25) is 0 Å². The Hall–Kier alpha value is -0.510. The lowest BCUT2D eigenvalue weighted by Crippen LogP contribution is -2.41. The van der Waals surface area contributed by atoms with E-state index in [1.165, 1.54) is 30.6 Å². The van der Waals surface area contributed by atoms with Crippen LogP contribution < -0.4 is 5.73 Å². The van der Waals surface area contributed by atoms with Crippen LogP contribution in [-0.2, 0) is 12.0 Å². The molecule has 1 aliphatic rings. The van der Waals surface area contributed by atoms with Crippen LogP contribution >= 0.6 is 8.37 Å². The molecule has 1 saturated heterocycles. The number of nitrogens with two attached hydrogens (primary N) is 1. The summed E-state index contributed by atoms with van der Waals surface area (Å²) in [7, 11) is 1.98. The molecule has 0 amide bonds. The molecule has 1 fully saturated rings. The predicted molar refractivity (Wildman–Crippen MR) is 127 cm³/mol. The molecular weight excluding hydrogens is 363 g/mol. The van der Waals surface area contributed by atoms with Gasteiger partial charge in [0.25, 0.3) is 0 Å². The second-order valence-electron chi connectivity index (χ2n) is 9.84. The summed E-state index contributed by atoms with van der Waals surface area (Å²) in [6.07, 6.45) is 1.27. The third-order valence-corrected chi connectivity index (χ3v) is 7.35. The monoisotopic (exact) mass is 408 g/mol. The van der Waals surface area contributed by atoms with Crippen molar-refractivity contribution in [3.05, 3.63) is 35.4 Å². The number of nitrogens with zero attached hydrogens (tertiary/aromatic N) is 3. The van der Waals surface area contributed by atoms with Gasteiger partial charge in [-0.2, -0.15) is 0 Å². The molecule has 0 aromatic heterocycles. The van der Waals surface area contributed by atoms with Crippen molar-refractivity contribution in [2.45, 2.75) is 79.3 Å². The van der Waals surface area contributed by atoms with Crippen molar-refractivity contribution in [2.24, 2.45) is 5.73 Å². The number of hydrogen-bond donors (Lipinski definition) is 1. The van der Waals surface area contributed by atoms with Crippen LogP contribution in [-0.4, -0.2) is 52.8 Å². The molecule has 1 aliphatic heterocycles. The highest BCUT2D eigenvalue weighted by molar-refractivity contribution is 7.50. The molecule has 1 aromatic carbocycles. The Bertz CT molecular complexity index is 549. The van der Waals surface area contributed by atoms with E-state index in [1.807, 2.05) is 20.8 Å². The molecule has 2 N–H and O–H groups in total. The molecule has 1 heterocycles. The largest absolute Gasteiger partial charge is 0.326 e. The fourth-order valence-electron chi connectivity index (χ4n) is 3.21. The third kappa shape index (κ3) is 8.88. The van der Waals surface area contributed by atoms with Crippen molar-refractivity contribution in [3.8, 4) is 0 Å². The van der Waals surface area contributed by atoms with Gasteiger partial charge in [-0.25, -0.2) is 0 Å². The van der Waals surface area contributed by atoms with E-state index >= 15 is 0 Å².